The molecule has 5 rings (SSSR count). The van der Waals surface area contributed by atoms with E-state index in [1.54, 1.807) is 63.4 Å². The lowest BCUT2D eigenvalue weighted by atomic mass is 10.0. The molecule has 4 aromatic rings. The minimum Gasteiger partial charge on any atom is -0.449 e. The van der Waals surface area contributed by atoms with Crippen LogP contribution in [0.5, 0.6) is 0 Å². The summed E-state index contributed by atoms with van der Waals surface area (Å²) in [5.74, 6) is -0.203. The van der Waals surface area contributed by atoms with E-state index in [9.17, 15) is 19.2 Å². The number of rotatable bonds is 9. The molecule has 2 unspecified atom stereocenters. The highest BCUT2D eigenvalue weighted by Gasteiger charge is 2.38. The number of nitrogens with zero attached hydrogens (tertiary/aromatic N) is 3. The number of ether oxygens (including phenoxy) is 2. The van der Waals surface area contributed by atoms with E-state index in [0.29, 0.717) is 41.4 Å². The van der Waals surface area contributed by atoms with Crippen molar-refractivity contribution < 1.29 is 28.7 Å². The summed E-state index contributed by atoms with van der Waals surface area (Å²) in [4.78, 5) is 59.6. The van der Waals surface area contributed by atoms with Gasteiger partial charge in [-0.15, -0.1) is 0 Å². The van der Waals surface area contributed by atoms with Crippen molar-refractivity contribution in [3.63, 3.8) is 0 Å². The van der Waals surface area contributed by atoms with Gasteiger partial charge in [0.25, 0.3) is 5.91 Å². The summed E-state index contributed by atoms with van der Waals surface area (Å²) in [6.07, 6.45) is 3.57. The number of alkyl carbamates (subject to hydrolysis) is 1. The molecular weight excluding hydrogens is 620 g/mol. The lowest BCUT2D eigenvalue weighted by Gasteiger charge is -2.28. The van der Waals surface area contributed by atoms with E-state index in [1.807, 2.05) is 42.6 Å². The Balaban J connectivity index is 1.24. The number of nitrogens with one attached hydrogen (secondary N) is 3. The predicted molar refractivity (Wildman–Crippen MR) is 180 cm³/mol. The van der Waals surface area contributed by atoms with Gasteiger partial charge in [-0.2, -0.15) is 0 Å². The Hall–Kier alpha value is -4.91. The van der Waals surface area contributed by atoms with Gasteiger partial charge in [-0.25, -0.2) is 14.6 Å². The number of hydrogen-bond acceptors (Lipinski definition) is 8. The summed E-state index contributed by atoms with van der Waals surface area (Å²) in [7, 11) is 0. The van der Waals surface area contributed by atoms with Crippen LogP contribution >= 0.6 is 11.3 Å². The van der Waals surface area contributed by atoms with E-state index in [1.165, 1.54) is 16.2 Å². The van der Waals surface area contributed by atoms with Crippen LogP contribution in [-0.2, 0) is 19.1 Å². The molecule has 3 heterocycles. The monoisotopic (exact) mass is 660 g/mol. The molecule has 2 aromatic heterocycles. The fourth-order valence-corrected chi connectivity index (χ4v) is 6.11. The van der Waals surface area contributed by atoms with Crippen molar-refractivity contribution in [1.29, 1.82) is 0 Å². The molecule has 1 aliphatic heterocycles. The number of anilines is 2. The molecule has 1 fully saturated rings. The van der Waals surface area contributed by atoms with Gasteiger partial charge in [0.05, 0.1) is 17.7 Å². The first-order valence-electron chi connectivity index (χ1n) is 15.5. The first-order valence-corrected chi connectivity index (χ1v) is 16.4. The van der Waals surface area contributed by atoms with E-state index in [0.717, 1.165) is 10.4 Å². The molecular formula is C34H40N6O6S. The molecule has 0 spiro atoms. The average molecular weight is 661 g/mol. The van der Waals surface area contributed by atoms with Gasteiger partial charge in [-0.05, 0) is 62.8 Å². The zero-order chi connectivity index (χ0) is 33.7. The molecule has 12 nitrogen and oxygen atoms in total. The van der Waals surface area contributed by atoms with Crippen molar-refractivity contribution in [1.82, 2.24) is 19.6 Å². The second-order valence-electron chi connectivity index (χ2n) is 12.8. The molecule has 0 bridgehead atoms. The third kappa shape index (κ3) is 8.67. The molecule has 4 amide bonds. The lowest BCUT2D eigenvalue weighted by molar-refractivity contribution is -0.138. The highest BCUT2D eigenvalue weighted by molar-refractivity contribution is 7.20. The minimum atomic E-state index is -0.997. The number of carbonyl (C=O) groups is 4. The number of amides is 4. The van der Waals surface area contributed by atoms with Crippen LogP contribution in [0, 0.1) is 5.92 Å². The van der Waals surface area contributed by atoms with E-state index in [-0.39, 0.29) is 24.3 Å². The molecule has 1 saturated heterocycles. The summed E-state index contributed by atoms with van der Waals surface area (Å²) in [5.41, 5.74) is 1.57. The SMILES string of the molecule is CC(C)COC(=O)NC(C(=O)N1CCCC1C(=O)Nc1cn2cc(-c3ccc(NC(=O)OC(C)(C)C)cc3)sc2n1)c1ccccc1. The Kier molecular flexibility index (Phi) is 10.1. The maximum Gasteiger partial charge on any atom is 0.412 e. The van der Waals surface area contributed by atoms with Gasteiger partial charge >= 0.3 is 12.2 Å². The van der Waals surface area contributed by atoms with Gasteiger partial charge in [-0.1, -0.05) is 67.6 Å². The van der Waals surface area contributed by atoms with Gasteiger partial charge in [0.2, 0.25) is 5.91 Å². The van der Waals surface area contributed by atoms with Crippen molar-refractivity contribution in [3.05, 3.63) is 72.6 Å². The molecule has 3 N–H and O–H groups in total. The number of aromatic nitrogens is 2. The number of benzene rings is 2. The second-order valence-corrected chi connectivity index (χ2v) is 13.8. The number of fused-ring (bicyclic) bond motifs is 1. The zero-order valence-electron chi connectivity index (χ0n) is 27.1. The smallest absolute Gasteiger partial charge is 0.412 e. The molecule has 2 aromatic carbocycles. The highest BCUT2D eigenvalue weighted by Crippen LogP contribution is 2.31. The van der Waals surface area contributed by atoms with Crippen LogP contribution in [0.25, 0.3) is 15.4 Å². The number of carbonyl (C=O) groups excluding carboxylic acids is 4. The Morgan fingerprint density at radius 1 is 0.979 bits per heavy atom. The van der Waals surface area contributed by atoms with Crippen LogP contribution in [0.3, 0.4) is 0 Å². The standard InChI is InChI=1S/C34H40N6O6S/c1-21(2)20-45-32(43)38-28(23-10-7-6-8-11-23)30(42)40-17-9-12-25(40)29(41)36-27-19-39-18-26(47-31(39)37-27)22-13-15-24(16-14-22)35-33(44)46-34(3,4)5/h6-8,10-11,13-16,18-19,21,25,28H,9,12,17,20H2,1-5H3,(H,35,44)(H,36,41)(H,38,43). The first-order chi connectivity index (χ1) is 22.4. The molecule has 2 atom stereocenters. The molecule has 0 aliphatic carbocycles. The number of likely N-dealkylation sites (tertiary alicyclic amines) is 1. The molecule has 1 aliphatic rings. The molecule has 248 valence electrons. The van der Waals surface area contributed by atoms with Crippen LogP contribution in [0.15, 0.2) is 67.0 Å². The first kappa shape index (κ1) is 33.5. The number of hydrogen-bond donors (Lipinski definition) is 3. The van der Waals surface area contributed by atoms with Crippen LogP contribution in [0.1, 0.15) is 59.1 Å². The third-order valence-electron chi connectivity index (χ3n) is 7.25. The summed E-state index contributed by atoms with van der Waals surface area (Å²) in [6.45, 7) is 9.88. The van der Waals surface area contributed by atoms with Crippen molar-refractivity contribution in [3.8, 4) is 10.4 Å². The topological polar surface area (TPSA) is 143 Å². The average Bonchev–Trinajstić information content (AvgIpc) is 3.74. The number of thiazole rings is 1. The lowest BCUT2D eigenvalue weighted by Crippen LogP contribution is -2.48. The molecule has 0 saturated carbocycles. The van der Waals surface area contributed by atoms with Crippen LogP contribution < -0.4 is 16.0 Å². The molecule has 13 heteroatoms. The normalized spacial score (nSPS) is 15.4. The summed E-state index contributed by atoms with van der Waals surface area (Å²) in [5, 5.41) is 8.30. The van der Waals surface area contributed by atoms with Gasteiger partial charge < -0.3 is 25.0 Å². The van der Waals surface area contributed by atoms with Gasteiger partial charge in [0, 0.05) is 18.4 Å². The van der Waals surface area contributed by atoms with E-state index < -0.39 is 29.9 Å². The van der Waals surface area contributed by atoms with Gasteiger partial charge in [-0.3, -0.25) is 19.3 Å². The van der Waals surface area contributed by atoms with Crippen LogP contribution in [-0.4, -0.2) is 63.1 Å². The summed E-state index contributed by atoms with van der Waals surface area (Å²) in [6, 6.07) is 14.6. The zero-order valence-corrected chi connectivity index (χ0v) is 27.9. The minimum absolute atomic E-state index is 0.143. The van der Waals surface area contributed by atoms with E-state index in [4.69, 9.17) is 9.47 Å². The van der Waals surface area contributed by atoms with E-state index >= 15 is 0 Å². The van der Waals surface area contributed by atoms with E-state index in [2.05, 4.69) is 20.9 Å². The van der Waals surface area contributed by atoms with Crippen molar-refractivity contribution in [2.75, 3.05) is 23.8 Å². The maximum absolute atomic E-state index is 13.8. The van der Waals surface area contributed by atoms with Crippen molar-refractivity contribution in [2.24, 2.45) is 5.92 Å². The molecule has 0 radical (unpaired) electrons. The Morgan fingerprint density at radius 2 is 1.70 bits per heavy atom. The Labute approximate surface area is 277 Å². The third-order valence-corrected chi connectivity index (χ3v) is 8.30. The summed E-state index contributed by atoms with van der Waals surface area (Å²) >= 11 is 1.45. The predicted octanol–water partition coefficient (Wildman–Crippen LogP) is 6.46. The number of imidazole rings is 1. The van der Waals surface area contributed by atoms with Crippen molar-refractivity contribution in [2.45, 2.75) is 65.1 Å². The van der Waals surface area contributed by atoms with Crippen LogP contribution in [0.2, 0.25) is 0 Å². The Morgan fingerprint density at radius 3 is 2.36 bits per heavy atom. The Bertz CT molecular complexity index is 1700. The quantitative estimate of drug-likeness (QED) is 0.187. The fraction of sp³-hybridized carbons (Fsp3) is 0.382. The van der Waals surface area contributed by atoms with Crippen LogP contribution in [0.4, 0.5) is 21.1 Å². The summed E-state index contributed by atoms with van der Waals surface area (Å²) < 4.78 is 12.4. The van der Waals surface area contributed by atoms with Crippen molar-refractivity contribution >= 4 is 51.8 Å². The van der Waals surface area contributed by atoms with Gasteiger partial charge in [0.15, 0.2) is 10.8 Å². The second kappa shape index (κ2) is 14.2. The highest BCUT2D eigenvalue weighted by atomic mass is 32.1. The fourth-order valence-electron chi connectivity index (χ4n) is 5.14. The maximum atomic E-state index is 13.8. The largest absolute Gasteiger partial charge is 0.449 e. The van der Waals surface area contributed by atoms with Gasteiger partial charge in [0.1, 0.15) is 17.7 Å². The molecule has 47 heavy (non-hydrogen) atoms.